The van der Waals surface area contributed by atoms with Crippen LogP contribution in [0.1, 0.15) is 49.7 Å². The van der Waals surface area contributed by atoms with E-state index < -0.39 is 5.97 Å². The Labute approximate surface area is 142 Å². The first-order chi connectivity index (χ1) is 11.4. The van der Waals surface area contributed by atoms with E-state index in [1.807, 2.05) is 0 Å². The van der Waals surface area contributed by atoms with Crippen LogP contribution in [0.15, 0.2) is 24.3 Å². The van der Waals surface area contributed by atoms with Gasteiger partial charge in [-0.2, -0.15) is 0 Å². The van der Waals surface area contributed by atoms with E-state index in [-0.39, 0.29) is 23.3 Å². The van der Waals surface area contributed by atoms with E-state index in [2.05, 4.69) is 36.5 Å². The van der Waals surface area contributed by atoms with Crippen molar-refractivity contribution in [3.8, 4) is 0 Å². The molecule has 0 spiro atoms. The highest BCUT2D eigenvalue weighted by Crippen LogP contribution is 2.65. The van der Waals surface area contributed by atoms with Gasteiger partial charge in [0, 0.05) is 0 Å². The van der Waals surface area contributed by atoms with Crippen molar-refractivity contribution < 1.29 is 14.7 Å². The number of carbonyl (C=O) groups is 2. The molecule has 0 heterocycles. The summed E-state index contributed by atoms with van der Waals surface area (Å²) in [6.07, 6.45) is 6.34. The van der Waals surface area contributed by atoms with E-state index >= 15 is 0 Å². The maximum absolute atomic E-state index is 12.9. The van der Waals surface area contributed by atoms with Crippen LogP contribution in [0, 0.1) is 24.2 Å². The number of aliphatic carboxylic acids is 1. The number of hydrogen-bond acceptors (Lipinski definition) is 2. The molecule has 4 aliphatic carbocycles. The lowest BCUT2D eigenvalue weighted by molar-refractivity contribution is -0.151. The predicted octanol–water partition coefficient (Wildman–Crippen LogP) is 3.03. The van der Waals surface area contributed by atoms with E-state index in [0.717, 1.165) is 19.3 Å². The maximum Gasteiger partial charge on any atom is 0.322 e. The van der Waals surface area contributed by atoms with Gasteiger partial charge >= 0.3 is 5.97 Å². The summed E-state index contributed by atoms with van der Waals surface area (Å²) in [5.74, 6) is 0.197. The van der Waals surface area contributed by atoms with Crippen molar-refractivity contribution in [3.05, 3.63) is 35.4 Å². The molecule has 1 aromatic rings. The highest BCUT2D eigenvalue weighted by molar-refractivity contribution is 5.86. The van der Waals surface area contributed by atoms with Gasteiger partial charge in [-0.05, 0) is 68.3 Å². The van der Waals surface area contributed by atoms with Gasteiger partial charge in [-0.3, -0.25) is 9.59 Å². The second-order valence-electron chi connectivity index (χ2n) is 8.46. The van der Waals surface area contributed by atoms with Crippen LogP contribution in [0.3, 0.4) is 0 Å². The van der Waals surface area contributed by atoms with Gasteiger partial charge in [0.15, 0.2) is 0 Å². The molecular weight excluding hydrogens is 302 g/mol. The standard InChI is InChI=1S/C20H25NO3/c1-13-2-4-16(5-3-13)19-7-14-6-15(8-19)10-20(9-14,12-19)18(24)21-11-17(22)23/h2-5,14-15H,6-12H2,1H3,(H,21,24)(H,22,23)/t14-,15?,19?,20?/m1/s1. The molecule has 4 nitrogen and oxygen atoms in total. The summed E-state index contributed by atoms with van der Waals surface area (Å²) in [5, 5.41) is 11.6. The van der Waals surface area contributed by atoms with E-state index in [1.54, 1.807) is 0 Å². The van der Waals surface area contributed by atoms with Crippen molar-refractivity contribution in [2.45, 2.75) is 50.9 Å². The van der Waals surface area contributed by atoms with Crippen LogP contribution < -0.4 is 5.32 Å². The number of nitrogens with one attached hydrogen (secondary N) is 1. The van der Waals surface area contributed by atoms with Gasteiger partial charge in [0.05, 0.1) is 5.41 Å². The SMILES string of the molecule is Cc1ccc(C23CC4C[C@@H](CC(C(=O)NCC(=O)O)(C4)C2)C3)cc1. The average molecular weight is 327 g/mol. The topological polar surface area (TPSA) is 66.4 Å². The second-order valence-corrected chi connectivity index (χ2v) is 8.46. The smallest absolute Gasteiger partial charge is 0.322 e. The molecule has 128 valence electrons. The first-order valence-electron chi connectivity index (χ1n) is 8.98. The molecule has 4 bridgehead atoms. The summed E-state index contributed by atoms with van der Waals surface area (Å²) in [5.41, 5.74) is 2.39. The number of carbonyl (C=O) groups excluding carboxylic acids is 1. The lowest BCUT2D eigenvalue weighted by Crippen LogP contribution is -2.59. The molecule has 0 aromatic heterocycles. The Morgan fingerprint density at radius 2 is 1.75 bits per heavy atom. The number of benzene rings is 1. The van der Waals surface area contributed by atoms with Crippen LogP contribution >= 0.6 is 0 Å². The fraction of sp³-hybridized carbons (Fsp3) is 0.600. The molecule has 1 aromatic carbocycles. The Morgan fingerprint density at radius 3 is 2.33 bits per heavy atom. The molecule has 4 atom stereocenters. The Hall–Kier alpha value is -1.84. The normalized spacial score (nSPS) is 36.5. The van der Waals surface area contributed by atoms with Gasteiger partial charge in [0.2, 0.25) is 5.91 Å². The van der Waals surface area contributed by atoms with Crippen molar-refractivity contribution in [3.63, 3.8) is 0 Å². The highest BCUT2D eigenvalue weighted by Gasteiger charge is 2.60. The fourth-order valence-electron chi connectivity index (χ4n) is 6.12. The molecule has 1 amide bonds. The zero-order valence-corrected chi connectivity index (χ0v) is 14.2. The lowest BCUT2D eigenvalue weighted by Gasteiger charge is -2.61. The van der Waals surface area contributed by atoms with Crippen LogP contribution in [0.2, 0.25) is 0 Å². The van der Waals surface area contributed by atoms with E-state index in [4.69, 9.17) is 5.11 Å². The van der Waals surface area contributed by atoms with Gasteiger partial charge in [-0.25, -0.2) is 0 Å². The minimum Gasteiger partial charge on any atom is -0.480 e. The molecule has 24 heavy (non-hydrogen) atoms. The van der Waals surface area contributed by atoms with Crippen molar-refractivity contribution in [1.82, 2.24) is 5.32 Å². The van der Waals surface area contributed by atoms with Crippen LogP contribution in [0.25, 0.3) is 0 Å². The zero-order valence-electron chi connectivity index (χ0n) is 14.2. The quantitative estimate of drug-likeness (QED) is 0.893. The van der Waals surface area contributed by atoms with Crippen LogP contribution in [-0.2, 0) is 15.0 Å². The summed E-state index contributed by atoms with van der Waals surface area (Å²) in [6.45, 7) is 1.83. The molecule has 3 unspecified atom stereocenters. The van der Waals surface area contributed by atoms with Gasteiger partial charge in [-0.15, -0.1) is 0 Å². The summed E-state index contributed by atoms with van der Waals surface area (Å²) in [4.78, 5) is 23.7. The van der Waals surface area contributed by atoms with Crippen molar-refractivity contribution >= 4 is 11.9 Å². The Morgan fingerprint density at radius 1 is 1.12 bits per heavy atom. The number of aryl methyl sites for hydroxylation is 1. The van der Waals surface area contributed by atoms with Gasteiger partial charge < -0.3 is 10.4 Å². The maximum atomic E-state index is 12.9. The first-order valence-corrected chi connectivity index (χ1v) is 8.98. The second kappa shape index (κ2) is 5.33. The van der Waals surface area contributed by atoms with Crippen molar-refractivity contribution in [2.24, 2.45) is 17.3 Å². The number of rotatable bonds is 4. The third kappa shape index (κ3) is 2.43. The Kier molecular flexibility index (Phi) is 3.48. The lowest BCUT2D eigenvalue weighted by atomic mass is 9.42. The summed E-state index contributed by atoms with van der Waals surface area (Å²) in [7, 11) is 0. The first kappa shape index (κ1) is 15.7. The average Bonchev–Trinajstić information content (AvgIpc) is 2.51. The highest BCUT2D eigenvalue weighted by atomic mass is 16.4. The van der Waals surface area contributed by atoms with E-state index in [9.17, 15) is 9.59 Å². The molecule has 4 saturated carbocycles. The molecule has 0 radical (unpaired) electrons. The Balaban J connectivity index is 1.65. The van der Waals surface area contributed by atoms with Crippen molar-refractivity contribution in [2.75, 3.05) is 6.54 Å². The summed E-state index contributed by atoms with van der Waals surface area (Å²) in [6, 6.07) is 8.83. The number of amides is 1. The zero-order chi connectivity index (χ0) is 16.9. The van der Waals surface area contributed by atoms with Crippen molar-refractivity contribution in [1.29, 1.82) is 0 Å². The Bertz CT molecular complexity index is 665. The van der Waals surface area contributed by atoms with Gasteiger partial charge in [0.25, 0.3) is 0 Å². The fourth-order valence-corrected chi connectivity index (χ4v) is 6.12. The predicted molar refractivity (Wildman–Crippen MR) is 90.6 cm³/mol. The largest absolute Gasteiger partial charge is 0.480 e. The molecule has 0 saturated heterocycles. The number of hydrogen-bond donors (Lipinski definition) is 2. The minimum absolute atomic E-state index is 0.0320. The van der Waals surface area contributed by atoms with Gasteiger partial charge in [-0.1, -0.05) is 29.8 Å². The molecule has 4 heteroatoms. The van der Waals surface area contributed by atoms with E-state index in [0.29, 0.717) is 11.8 Å². The molecule has 4 fully saturated rings. The molecular formula is C20H25NO3. The monoisotopic (exact) mass is 327 g/mol. The third-order valence-corrected chi connectivity index (χ3v) is 6.61. The summed E-state index contributed by atoms with van der Waals surface area (Å²) < 4.78 is 0. The molecule has 0 aliphatic heterocycles. The number of carboxylic acids is 1. The summed E-state index contributed by atoms with van der Waals surface area (Å²) >= 11 is 0. The number of carboxylic acid groups (broad SMARTS) is 1. The molecule has 4 aliphatic rings. The van der Waals surface area contributed by atoms with E-state index in [1.165, 1.54) is 30.4 Å². The third-order valence-electron chi connectivity index (χ3n) is 6.61. The van der Waals surface area contributed by atoms with Crippen LogP contribution in [0.4, 0.5) is 0 Å². The van der Waals surface area contributed by atoms with Gasteiger partial charge in [0.1, 0.15) is 6.54 Å². The van der Waals surface area contributed by atoms with Crippen LogP contribution in [0.5, 0.6) is 0 Å². The van der Waals surface area contributed by atoms with Crippen LogP contribution in [-0.4, -0.2) is 23.5 Å². The molecule has 5 rings (SSSR count). The molecule has 2 N–H and O–H groups in total. The minimum atomic E-state index is -0.971.